The van der Waals surface area contributed by atoms with E-state index in [1.54, 1.807) is 29.3 Å². The third-order valence-electron chi connectivity index (χ3n) is 4.54. The van der Waals surface area contributed by atoms with Crippen LogP contribution in [0.1, 0.15) is 32.3 Å². The largest absolute Gasteiger partial charge is 0.464 e. The fraction of sp³-hybridized carbons (Fsp3) is 0.350. The van der Waals surface area contributed by atoms with E-state index in [1.165, 1.54) is 6.92 Å². The van der Waals surface area contributed by atoms with Crippen LogP contribution in [0.3, 0.4) is 0 Å². The van der Waals surface area contributed by atoms with E-state index < -0.39 is 17.4 Å². The van der Waals surface area contributed by atoms with Gasteiger partial charge in [0.1, 0.15) is 0 Å². The molecule has 0 saturated heterocycles. The van der Waals surface area contributed by atoms with Crippen LogP contribution in [-0.4, -0.2) is 28.9 Å². The molecular weight excluding hydrogens is 330 g/mol. The van der Waals surface area contributed by atoms with Crippen molar-refractivity contribution in [3.63, 3.8) is 0 Å². The summed E-state index contributed by atoms with van der Waals surface area (Å²) in [6.45, 7) is 5.95. The third-order valence-corrected chi connectivity index (χ3v) is 4.54. The minimum Gasteiger partial charge on any atom is -0.464 e. The standard InChI is InChI=1S/C20H23N3O3/c1-4-5-13-23-17-16(11-8-12-21-17)26-20(3,19(23)25)18(24)22-15-10-7-6-9-14(15)2/h6-12H,4-5,13H2,1-3H3,(H,22,24)/t20-/m1/s1. The third kappa shape index (κ3) is 3.14. The number of para-hydroxylation sites is 1. The van der Waals surface area contributed by atoms with Crippen molar-refractivity contribution in [1.82, 2.24) is 4.98 Å². The monoisotopic (exact) mass is 353 g/mol. The lowest BCUT2D eigenvalue weighted by Gasteiger charge is -2.38. The van der Waals surface area contributed by atoms with E-state index in [2.05, 4.69) is 10.3 Å². The number of benzene rings is 1. The molecule has 6 nitrogen and oxygen atoms in total. The highest BCUT2D eigenvalue weighted by Crippen LogP contribution is 2.36. The zero-order valence-electron chi connectivity index (χ0n) is 15.3. The van der Waals surface area contributed by atoms with Gasteiger partial charge < -0.3 is 10.1 Å². The van der Waals surface area contributed by atoms with Gasteiger partial charge in [0.15, 0.2) is 11.6 Å². The van der Waals surface area contributed by atoms with Crippen molar-refractivity contribution in [1.29, 1.82) is 0 Å². The molecule has 0 radical (unpaired) electrons. The van der Waals surface area contributed by atoms with Gasteiger partial charge >= 0.3 is 0 Å². The number of pyridine rings is 1. The highest BCUT2D eigenvalue weighted by atomic mass is 16.5. The van der Waals surface area contributed by atoms with Gasteiger partial charge in [-0.2, -0.15) is 0 Å². The first-order valence-electron chi connectivity index (χ1n) is 8.80. The second-order valence-corrected chi connectivity index (χ2v) is 6.54. The first-order chi connectivity index (χ1) is 12.5. The van der Waals surface area contributed by atoms with E-state index in [1.807, 2.05) is 32.0 Å². The van der Waals surface area contributed by atoms with Gasteiger partial charge in [0.25, 0.3) is 17.4 Å². The molecule has 1 N–H and O–H groups in total. The van der Waals surface area contributed by atoms with E-state index >= 15 is 0 Å². The fourth-order valence-corrected chi connectivity index (χ4v) is 2.90. The fourth-order valence-electron chi connectivity index (χ4n) is 2.90. The Kier molecular flexibility index (Phi) is 4.93. The Hall–Kier alpha value is -2.89. The number of carbonyl (C=O) groups is 2. The molecule has 26 heavy (non-hydrogen) atoms. The summed E-state index contributed by atoms with van der Waals surface area (Å²) in [7, 11) is 0. The average molecular weight is 353 g/mol. The van der Waals surface area contributed by atoms with E-state index in [0.717, 1.165) is 18.4 Å². The minimum atomic E-state index is -1.65. The van der Waals surface area contributed by atoms with Gasteiger partial charge in [-0.05, 0) is 44.0 Å². The van der Waals surface area contributed by atoms with Crippen LogP contribution in [-0.2, 0) is 9.59 Å². The quantitative estimate of drug-likeness (QED) is 0.837. The predicted octanol–water partition coefficient (Wildman–Crippen LogP) is 3.31. The summed E-state index contributed by atoms with van der Waals surface area (Å²) in [4.78, 5) is 31.9. The van der Waals surface area contributed by atoms with Gasteiger partial charge in [-0.25, -0.2) is 4.98 Å². The Morgan fingerprint density at radius 2 is 2.04 bits per heavy atom. The lowest BCUT2D eigenvalue weighted by atomic mass is 10.00. The summed E-state index contributed by atoms with van der Waals surface area (Å²) in [5.74, 6) is 0.00814. The van der Waals surface area contributed by atoms with Gasteiger partial charge in [-0.3, -0.25) is 14.5 Å². The van der Waals surface area contributed by atoms with Gasteiger partial charge in [-0.15, -0.1) is 0 Å². The van der Waals surface area contributed by atoms with Crippen LogP contribution >= 0.6 is 0 Å². The number of unbranched alkanes of at least 4 members (excludes halogenated alkanes) is 1. The van der Waals surface area contributed by atoms with Crippen molar-refractivity contribution in [3.05, 3.63) is 48.2 Å². The van der Waals surface area contributed by atoms with Crippen LogP contribution in [0.15, 0.2) is 42.6 Å². The smallest absolute Gasteiger partial charge is 0.282 e. The number of fused-ring (bicyclic) bond motifs is 1. The minimum absolute atomic E-state index is 0.400. The molecule has 3 rings (SSSR count). The number of amides is 2. The number of aryl methyl sites for hydroxylation is 1. The molecule has 2 amide bonds. The molecule has 0 spiro atoms. The van der Waals surface area contributed by atoms with Crippen molar-refractivity contribution < 1.29 is 14.3 Å². The first-order valence-corrected chi connectivity index (χ1v) is 8.80. The second-order valence-electron chi connectivity index (χ2n) is 6.54. The van der Waals surface area contributed by atoms with Crippen LogP contribution in [0.25, 0.3) is 0 Å². The molecule has 2 heterocycles. The molecule has 1 atom stereocenters. The molecule has 136 valence electrons. The molecule has 0 saturated carbocycles. The Morgan fingerprint density at radius 1 is 1.27 bits per heavy atom. The number of ether oxygens (including phenoxy) is 1. The normalized spacial score (nSPS) is 18.9. The molecule has 1 aliphatic rings. The summed E-state index contributed by atoms with van der Waals surface area (Å²) in [5.41, 5.74) is -0.0729. The van der Waals surface area contributed by atoms with E-state index in [-0.39, 0.29) is 0 Å². The molecule has 6 heteroatoms. The van der Waals surface area contributed by atoms with Crippen LogP contribution in [0.4, 0.5) is 11.5 Å². The van der Waals surface area contributed by atoms with Crippen molar-refractivity contribution in [2.75, 3.05) is 16.8 Å². The lowest BCUT2D eigenvalue weighted by molar-refractivity contribution is -0.145. The molecule has 0 aliphatic carbocycles. The first kappa shape index (κ1) is 17.9. The number of anilines is 2. The topological polar surface area (TPSA) is 71.5 Å². The van der Waals surface area contributed by atoms with E-state index in [0.29, 0.717) is 23.8 Å². The summed E-state index contributed by atoms with van der Waals surface area (Å²) < 4.78 is 5.85. The highest BCUT2D eigenvalue weighted by Gasteiger charge is 2.51. The maximum Gasteiger partial charge on any atom is 0.282 e. The van der Waals surface area contributed by atoms with Crippen LogP contribution in [0.5, 0.6) is 5.75 Å². The van der Waals surface area contributed by atoms with Crippen LogP contribution < -0.4 is 15.0 Å². The molecule has 0 bridgehead atoms. The second kappa shape index (κ2) is 7.15. The van der Waals surface area contributed by atoms with Gasteiger partial charge in [0.2, 0.25) is 0 Å². The van der Waals surface area contributed by atoms with Crippen molar-refractivity contribution in [2.24, 2.45) is 0 Å². The summed E-state index contributed by atoms with van der Waals surface area (Å²) in [6, 6.07) is 10.9. The molecule has 1 aromatic heterocycles. The Bertz CT molecular complexity index is 837. The van der Waals surface area contributed by atoms with Gasteiger partial charge in [-0.1, -0.05) is 31.5 Å². The Morgan fingerprint density at radius 3 is 2.77 bits per heavy atom. The van der Waals surface area contributed by atoms with E-state index in [4.69, 9.17) is 4.74 Å². The Balaban J connectivity index is 1.94. The molecule has 1 aromatic carbocycles. The van der Waals surface area contributed by atoms with Gasteiger partial charge in [0.05, 0.1) is 0 Å². The molecule has 2 aromatic rings. The molecule has 1 aliphatic heterocycles. The number of nitrogens with one attached hydrogen (secondary N) is 1. The lowest BCUT2D eigenvalue weighted by Crippen LogP contribution is -2.61. The zero-order chi connectivity index (χ0) is 18.7. The van der Waals surface area contributed by atoms with E-state index in [9.17, 15) is 9.59 Å². The van der Waals surface area contributed by atoms with Crippen LogP contribution in [0, 0.1) is 6.92 Å². The SMILES string of the molecule is CCCCN1C(=O)[C@@](C)(C(=O)Nc2ccccc2C)Oc2cccnc21. The number of hydrogen-bond acceptors (Lipinski definition) is 4. The molecule has 0 unspecified atom stereocenters. The number of aromatic nitrogens is 1. The maximum absolute atomic E-state index is 13.1. The highest BCUT2D eigenvalue weighted by molar-refractivity contribution is 6.19. The number of hydrogen-bond donors (Lipinski definition) is 1. The number of carbonyl (C=O) groups excluding carboxylic acids is 2. The molecule has 0 fully saturated rings. The van der Waals surface area contributed by atoms with Crippen molar-refractivity contribution in [2.45, 2.75) is 39.2 Å². The average Bonchev–Trinajstić information content (AvgIpc) is 2.64. The van der Waals surface area contributed by atoms with Crippen LogP contribution in [0.2, 0.25) is 0 Å². The number of rotatable bonds is 5. The maximum atomic E-state index is 13.1. The summed E-state index contributed by atoms with van der Waals surface area (Å²) in [5, 5.41) is 2.83. The molecular formula is C20H23N3O3. The number of nitrogens with zero attached hydrogens (tertiary/aromatic N) is 2. The van der Waals surface area contributed by atoms with Gasteiger partial charge in [0, 0.05) is 18.4 Å². The predicted molar refractivity (Wildman–Crippen MR) is 100 cm³/mol. The summed E-state index contributed by atoms with van der Waals surface area (Å²) in [6.07, 6.45) is 3.36. The zero-order valence-corrected chi connectivity index (χ0v) is 15.3. The van der Waals surface area contributed by atoms with Crippen molar-refractivity contribution in [3.8, 4) is 5.75 Å². The Labute approximate surface area is 153 Å². The van der Waals surface area contributed by atoms with Crippen molar-refractivity contribution >= 4 is 23.3 Å². The summed E-state index contributed by atoms with van der Waals surface area (Å²) >= 11 is 0.